The van der Waals surface area contributed by atoms with Crippen LogP contribution in [0.1, 0.15) is 30.9 Å². The first-order valence-electron chi connectivity index (χ1n) is 8.48. The summed E-state index contributed by atoms with van der Waals surface area (Å²) in [5.74, 6) is 0.673. The molecule has 0 aliphatic heterocycles. The van der Waals surface area contributed by atoms with Crippen LogP contribution in [0, 0.1) is 0 Å². The van der Waals surface area contributed by atoms with Crippen molar-refractivity contribution in [2.75, 3.05) is 12.4 Å². The molecule has 0 radical (unpaired) electrons. The van der Waals surface area contributed by atoms with E-state index in [1.165, 1.54) is 0 Å². The fourth-order valence-corrected chi connectivity index (χ4v) is 2.42. The molecule has 0 heterocycles. The lowest BCUT2D eigenvalue weighted by Crippen LogP contribution is -2.35. The van der Waals surface area contributed by atoms with E-state index in [-0.39, 0.29) is 5.91 Å². The number of methoxy groups -OCH3 is 1. The molecule has 25 heavy (non-hydrogen) atoms. The third-order valence-corrected chi connectivity index (χ3v) is 3.83. The quantitative estimate of drug-likeness (QED) is 0.732. The van der Waals surface area contributed by atoms with Crippen molar-refractivity contribution in [3.05, 3.63) is 59.7 Å². The molecule has 1 amide bonds. The fraction of sp³-hybridized carbons (Fsp3) is 0.350. The first kappa shape index (κ1) is 19.0. The molecule has 5 heteroatoms. The lowest BCUT2D eigenvalue weighted by Gasteiger charge is -2.12. The van der Waals surface area contributed by atoms with Crippen molar-refractivity contribution < 1.29 is 14.3 Å². The van der Waals surface area contributed by atoms with E-state index in [1.807, 2.05) is 55.5 Å². The van der Waals surface area contributed by atoms with Gasteiger partial charge >= 0.3 is 0 Å². The number of rotatable bonds is 9. The first-order valence-corrected chi connectivity index (χ1v) is 8.48. The number of hydrogen-bond acceptors (Lipinski definition) is 4. The van der Waals surface area contributed by atoms with E-state index in [2.05, 4.69) is 5.32 Å². The van der Waals surface area contributed by atoms with Gasteiger partial charge in [0, 0.05) is 5.69 Å². The second-order valence-electron chi connectivity index (χ2n) is 5.93. The van der Waals surface area contributed by atoms with Gasteiger partial charge in [0.1, 0.15) is 5.75 Å². The second kappa shape index (κ2) is 9.81. The zero-order valence-corrected chi connectivity index (χ0v) is 14.8. The van der Waals surface area contributed by atoms with E-state index >= 15 is 0 Å². The molecule has 134 valence electrons. The van der Waals surface area contributed by atoms with Gasteiger partial charge in [0.05, 0.1) is 26.4 Å². The Morgan fingerprint density at radius 3 is 2.52 bits per heavy atom. The van der Waals surface area contributed by atoms with Gasteiger partial charge in [-0.25, -0.2) is 0 Å². The molecular formula is C20H26N2O3. The molecule has 2 rings (SSSR count). The molecule has 0 saturated carbocycles. The highest BCUT2D eigenvalue weighted by molar-refractivity contribution is 5.94. The van der Waals surface area contributed by atoms with Crippen LogP contribution in [0.15, 0.2) is 48.5 Å². The normalized spacial score (nSPS) is 11.8. The minimum Gasteiger partial charge on any atom is -0.497 e. The minimum absolute atomic E-state index is 0.154. The summed E-state index contributed by atoms with van der Waals surface area (Å²) in [4.78, 5) is 12.0. The van der Waals surface area contributed by atoms with Gasteiger partial charge in [-0.15, -0.1) is 0 Å². The van der Waals surface area contributed by atoms with Crippen molar-refractivity contribution in [1.29, 1.82) is 0 Å². The number of hydrogen-bond donors (Lipinski definition) is 2. The Morgan fingerprint density at radius 2 is 1.84 bits per heavy atom. The Morgan fingerprint density at radius 1 is 1.12 bits per heavy atom. The number of carbonyl (C=O) groups is 1. The summed E-state index contributed by atoms with van der Waals surface area (Å²) in [7, 11) is 1.65. The summed E-state index contributed by atoms with van der Waals surface area (Å²) in [5.41, 5.74) is 8.65. The third kappa shape index (κ3) is 6.21. The van der Waals surface area contributed by atoms with E-state index in [0.717, 1.165) is 29.0 Å². The summed E-state index contributed by atoms with van der Waals surface area (Å²) >= 11 is 0. The summed E-state index contributed by atoms with van der Waals surface area (Å²) in [6.07, 6.45) is 1.56. The highest BCUT2D eigenvalue weighted by Crippen LogP contribution is 2.15. The number of carbonyl (C=O) groups excluding carboxylic acids is 1. The van der Waals surface area contributed by atoms with Crippen molar-refractivity contribution >= 4 is 11.6 Å². The third-order valence-electron chi connectivity index (χ3n) is 3.83. The molecule has 1 atom stereocenters. The van der Waals surface area contributed by atoms with E-state index in [1.54, 1.807) is 7.11 Å². The van der Waals surface area contributed by atoms with Gasteiger partial charge in [-0.3, -0.25) is 4.79 Å². The SMILES string of the molecule is CCCC(N)C(=O)Nc1cccc(COCc2ccc(OC)cc2)c1. The van der Waals surface area contributed by atoms with Crippen LogP contribution in [0.4, 0.5) is 5.69 Å². The van der Waals surface area contributed by atoms with Crippen molar-refractivity contribution in [3.63, 3.8) is 0 Å². The molecule has 0 aromatic heterocycles. The molecule has 2 aromatic carbocycles. The van der Waals surface area contributed by atoms with Crippen LogP contribution in [-0.4, -0.2) is 19.1 Å². The molecule has 3 N–H and O–H groups in total. The molecule has 0 aliphatic carbocycles. The van der Waals surface area contributed by atoms with E-state index in [9.17, 15) is 4.79 Å². The maximum absolute atomic E-state index is 12.0. The molecule has 0 aliphatic rings. The van der Waals surface area contributed by atoms with Gasteiger partial charge in [-0.05, 0) is 41.8 Å². The topological polar surface area (TPSA) is 73.6 Å². The Labute approximate surface area is 149 Å². The van der Waals surface area contributed by atoms with Crippen LogP contribution < -0.4 is 15.8 Å². The van der Waals surface area contributed by atoms with Crippen molar-refractivity contribution in [2.45, 2.75) is 39.0 Å². The van der Waals surface area contributed by atoms with Gasteiger partial charge in [0.15, 0.2) is 0 Å². The maximum Gasteiger partial charge on any atom is 0.241 e. The van der Waals surface area contributed by atoms with Crippen LogP contribution in [0.25, 0.3) is 0 Å². The highest BCUT2D eigenvalue weighted by atomic mass is 16.5. The molecule has 0 saturated heterocycles. The maximum atomic E-state index is 12.0. The van der Waals surface area contributed by atoms with Crippen molar-refractivity contribution in [2.24, 2.45) is 5.73 Å². The lowest BCUT2D eigenvalue weighted by atomic mass is 10.1. The van der Waals surface area contributed by atoms with Crippen molar-refractivity contribution in [1.82, 2.24) is 0 Å². The van der Waals surface area contributed by atoms with Crippen LogP contribution in [0.2, 0.25) is 0 Å². The molecule has 0 spiro atoms. The second-order valence-corrected chi connectivity index (χ2v) is 5.93. The highest BCUT2D eigenvalue weighted by Gasteiger charge is 2.12. The lowest BCUT2D eigenvalue weighted by molar-refractivity contribution is -0.117. The Hall–Kier alpha value is -2.37. The van der Waals surface area contributed by atoms with Gasteiger partial charge in [-0.2, -0.15) is 0 Å². The van der Waals surface area contributed by atoms with Gasteiger partial charge in [0.2, 0.25) is 5.91 Å². The summed E-state index contributed by atoms with van der Waals surface area (Å²) < 4.78 is 10.9. The largest absolute Gasteiger partial charge is 0.497 e. The minimum atomic E-state index is -0.472. The fourth-order valence-electron chi connectivity index (χ4n) is 2.42. The van der Waals surface area contributed by atoms with Gasteiger partial charge in [0.25, 0.3) is 0 Å². The Balaban J connectivity index is 1.85. The zero-order valence-electron chi connectivity index (χ0n) is 14.8. The zero-order chi connectivity index (χ0) is 18.1. The van der Waals surface area contributed by atoms with Crippen LogP contribution in [0.5, 0.6) is 5.75 Å². The van der Waals surface area contributed by atoms with E-state index in [0.29, 0.717) is 19.6 Å². The smallest absolute Gasteiger partial charge is 0.241 e. The average Bonchev–Trinajstić information content (AvgIpc) is 2.63. The predicted molar refractivity (Wildman–Crippen MR) is 99.4 cm³/mol. The van der Waals surface area contributed by atoms with E-state index < -0.39 is 6.04 Å². The molecule has 2 aromatic rings. The first-order chi connectivity index (χ1) is 12.1. The van der Waals surface area contributed by atoms with Crippen molar-refractivity contribution in [3.8, 4) is 5.75 Å². The number of nitrogens with two attached hydrogens (primary N) is 1. The Bertz CT molecular complexity index is 671. The molecule has 0 bridgehead atoms. The van der Waals surface area contributed by atoms with Crippen LogP contribution >= 0.6 is 0 Å². The number of nitrogens with one attached hydrogen (secondary N) is 1. The number of anilines is 1. The molecule has 5 nitrogen and oxygen atoms in total. The molecule has 0 fully saturated rings. The number of benzene rings is 2. The number of ether oxygens (including phenoxy) is 2. The Kier molecular flexibility index (Phi) is 7.44. The molecule has 1 unspecified atom stereocenters. The predicted octanol–water partition coefficient (Wildman–Crippen LogP) is 3.48. The average molecular weight is 342 g/mol. The van der Waals surface area contributed by atoms with Gasteiger partial charge in [-0.1, -0.05) is 37.6 Å². The van der Waals surface area contributed by atoms with Gasteiger partial charge < -0.3 is 20.5 Å². The van der Waals surface area contributed by atoms with Crippen LogP contribution in [0.3, 0.4) is 0 Å². The summed E-state index contributed by atoms with van der Waals surface area (Å²) in [6, 6.07) is 14.9. The summed E-state index contributed by atoms with van der Waals surface area (Å²) in [5, 5.41) is 2.85. The van der Waals surface area contributed by atoms with Crippen LogP contribution in [-0.2, 0) is 22.7 Å². The number of amides is 1. The monoisotopic (exact) mass is 342 g/mol. The molecular weight excluding hydrogens is 316 g/mol. The standard InChI is InChI=1S/C20H26N2O3/c1-3-5-19(21)20(23)22-17-7-4-6-16(12-17)14-25-13-15-8-10-18(24-2)11-9-15/h4,6-12,19H,3,5,13-14,21H2,1-2H3,(H,22,23). The van der Waals surface area contributed by atoms with E-state index in [4.69, 9.17) is 15.2 Å². The summed E-state index contributed by atoms with van der Waals surface area (Å²) in [6.45, 7) is 2.99.